The Kier molecular flexibility index (Phi) is 3.29. The minimum atomic E-state index is 0.177. The highest BCUT2D eigenvalue weighted by molar-refractivity contribution is 6.32. The van der Waals surface area contributed by atoms with Crippen LogP contribution in [0.25, 0.3) is 0 Å². The highest BCUT2D eigenvalue weighted by Crippen LogP contribution is 2.17. The van der Waals surface area contributed by atoms with Crippen LogP contribution >= 0.6 is 23.2 Å². The smallest absolute Gasteiger partial charge is 0.225 e. The number of likely N-dealkylation sites (N-methyl/N-ethyl adjacent to an activating group) is 1. The average Bonchev–Trinajstić information content (AvgIpc) is 2.49. The Labute approximate surface area is 98.6 Å². The van der Waals surface area contributed by atoms with E-state index in [1.807, 2.05) is 0 Å². The number of hydrogen-bond donors (Lipinski definition) is 1. The largest absolute Gasteiger partial charge is 0.366 e. The van der Waals surface area contributed by atoms with Gasteiger partial charge in [0.1, 0.15) is 11.0 Å². The van der Waals surface area contributed by atoms with Crippen molar-refractivity contribution in [3.8, 4) is 0 Å². The predicted molar refractivity (Wildman–Crippen MR) is 61.6 cm³/mol. The summed E-state index contributed by atoms with van der Waals surface area (Å²) in [5.74, 6) is 0.695. The summed E-state index contributed by atoms with van der Waals surface area (Å²) in [7, 11) is 2.10. The van der Waals surface area contributed by atoms with Crippen molar-refractivity contribution in [3.05, 3.63) is 16.5 Å². The van der Waals surface area contributed by atoms with E-state index >= 15 is 0 Å². The van der Waals surface area contributed by atoms with Gasteiger partial charge in [-0.25, -0.2) is 9.97 Å². The summed E-state index contributed by atoms with van der Waals surface area (Å²) in [6, 6.07) is 2.10. The van der Waals surface area contributed by atoms with Crippen molar-refractivity contribution >= 4 is 29.0 Å². The molecule has 1 unspecified atom stereocenters. The van der Waals surface area contributed by atoms with Crippen molar-refractivity contribution in [2.75, 3.05) is 25.5 Å². The molecule has 0 bridgehead atoms. The topological polar surface area (TPSA) is 41.0 Å². The first-order valence-corrected chi connectivity index (χ1v) is 5.54. The molecule has 1 atom stereocenters. The van der Waals surface area contributed by atoms with Gasteiger partial charge in [0.25, 0.3) is 0 Å². The van der Waals surface area contributed by atoms with Gasteiger partial charge in [-0.1, -0.05) is 11.6 Å². The van der Waals surface area contributed by atoms with Gasteiger partial charge in [0.05, 0.1) is 0 Å². The highest BCUT2D eigenvalue weighted by atomic mass is 35.5. The van der Waals surface area contributed by atoms with Crippen LogP contribution in [-0.2, 0) is 0 Å². The molecule has 1 saturated heterocycles. The van der Waals surface area contributed by atoms with E-state index in [2.05, 4.69) is 27.2 Å². The molecule has 2 rings (SSSR count). The van der Waals surface area contributed by atoms with Gasteiger partial charge in [0.2, 0.25) is 5.28 Å². The molecule has 0 aliphatic carbocycles. The average molecular weight is 247 g/mol. The van der Waals surface area contributed by atoms with Crippen LogP contribution in [0, 0.1) is 0 Å². The van der Waals surface area contributed by atoms with Crippen molar-refractivity contribution in [1.29, 1.82) is 0 Å². The second-order valence-electron chi connectivity index (χ2n) is 3.74. The van der Waals surface area contributed by atoms with Crippen LogP contribution in [0.1, 0.15) is 6.42 Å². The van der Waals surface area contributed by atoms with E-state index in [4.69, 9.17) is 23.2 Å². The van der Waals surface area contributed by atoms with Crippen LogP contribution in [-0.4, -0.2) is 41.0 Å². The summed E-state index contributed by atoms with van der Waals surface area (Å²) in [5.41, 5.74) is 0. The molecule has 1 fully saturated rings. The van der Waals surface area contributed by atoms with Crippen LogP contribution < -0.4 is 5.32 Å². The first-order valence-electron chi connectivity index (χ1n) is 4.78. The van der Waals surface area contributed by atoms with Gasteiger partial charge in [-0.2, -0.15) is 0 Å². The Hall–Kier alpha value is -0.580. The number of anilines is 1. The molecule has 1 N–H and O–H groups in total. The second-order valence-corrected chi connectivity index (χ2v) is 4.46. The zero-order valence-corrected chi connectivity index (χ0v) is 9.89. The van der Waals surface area contributed by atoms with E-state index in [9.17, 15) is 0 Å². The molecule has 0 amide bonds. The molecule has 6 heteroatoms. The van der Waals surface area contributed by atoms with Crippen LogP contribution in [0.4, 0.5) is 5.82 Å². The summed E-state index contributed by atoms with van der Waals surface area (Å²) in [4.78, 5) is 10.1. The Balaban J connectivity index is 2.04. The molecule has 1 aliphatic heterocycles. The molecule has 15 heavy (non-hydrogen) atoms. The lowest BCUT2D eigenvalue weighted by molar-refractivity contribution is 0.414. The molecule has 1 aliphatic rings. The van der Waals surface area contributed by atoms with Crippen LogP contribution in [0.3, 0.4) is 0 Å². The summed E-state index contributed by atoms with van der Waals surface area (Å²) in [6.07, 6.45) is 1.11. The molecular formula is C9H12Cl2N4. The maximum atomic E-state index is 5.78. The zero-order valence-electron chi connectivity index (χ0n) is 8.37. The maximum absolute atomic E-state index is 5.78. The van der Waals surface area contributed by atoms with Gasteiger partial charge in [-0.05, 0) is 31.6 Å². The zero-order chi connectivity index (χ0) is 10.8. The lowest BCUT2D eigenvalue weighted by atomic mass is 10.2. The van der Waals surface area contributed by atoms with E-state index < -0.39 is 0 Å². The summed E-state index contributed by atoms with van der Waals surface area (Å²) in [6.45, 7) is 2.11. The molecule has 82 valence electrons. The van der Waals surface area contributed by atoms with Gasteiger partial charge >= 0.3 is 0 Å². The molecule has 0 aromatic carbocycles. The van der Waals surface area contributed by atoms with E-state index in [1.54, 1.807) is 6.07 Å². The van der Waals surface area contributed by atoms with Gasteiger partial charge in [0, 0.05) is 18.7 Å². The number of aromatic nitrogens is 2. The standard InChI is InChI=1S/C9H12Cl2N4/c1-15-3-2-6(5-15)12-8-4-7(10)13-9(11)14-8/h4,6H,2-3,5H2,1H3,(H,12,13,14). The highest BCUT2D eigenvalue weighted by Gasteiger charge is 2.19. The van der Waals surface area contributed by atoms with Crippen molar-refractivity contribution in [2.24, 2.45) is 0 Å². The summed E-state index contributed by atoms with van der Waals surface area (Å²) >= 11 is 11.5. The van der Waals surface area contributed by atoms with E-state index in [1.165, 1.54) is 0 Å². The SMILES string of the molecule is CN1CCC(Nc2cc(Cl)nc(Cl)n2)C1. The fourth-order valence-corrected chi connectivity index (χ4v) is 2.13. The van der Waals surface area contributed by atoms with Crippen molar-refractivity contribution in [3.63, 3.8) is 0 Å². The van der Waals surface area contributed by atoms with Gasteiger partial charge in [0.15, 0.2) is 0 Å². The van der Waals surface area contributed by atoms with Crippen LogP contribution in [0.2, 0.25) is 10.4 Å². The normalized spacial score (nSPS) is 21.9. The first kappa shape index (κ1) is 10.9. The lowest BCUT2D eigenvalue weighted by Gasteiger charge is -2.13. The Bertz CT molecular complexity index is 338. The van der Waals surface area contributed by atoms with Crippen LogP contribution in [0.5, 0.6) is 0 Å². The number of nitrogens with zero attached hydrogens (tertiary/aromatic N) is 3. The number of hydrogen-bond acceptors (Lipinski definition) is 4. The molecule has 0 radical (unpaired) electrons. The summed E-state index contributed by atoms with van der Waals surface area (Å²) in [5, 5.41) is 3.83. The molecular weight excluding hydrogens is 235 g/mol. The van der Waals surface area contributed by atoms with Crippen LogP contribution in [0.15, 0.2) is 6.07 Å². The minimum Gasteiger partial charge on any atom is -0.366 e. The molecule has 4 nitrogen and oxygen atoms in total. The van der Waals surface area contributed by atoms with E-state index in [0.717, 1.165) is 19.5 Å². The van der Waals surface area contributed by atoms with Gasteiger partial charge in [-0.3, -0.25) is 0 Å². The van der Waals surface area contributed by atoms with Gasteiger partial charge < -0.3 is 10.2 Å². The monoisotopic (exact) mass is 246 g/mol. The fraction of sp³-hybridized carbons (Fsp3) is 0.556. The number of likely N-dealkylation sites (tertiary alicyclic amines) is 1. The van der Waals surface area contributed by atoms with Gasteiger partial charge in [-0.15, -0.1) is 0 Å². The lowest BCUT2D eigenvalue weighted by Crippen LogP contribution is -2.24. The van der Waals surface area contributed by atoms with E-state index in [0.29, 0.717) is 17.0 Å². The molecule has 0 saturated carbocycles. The number of nitrogens with one attached hydrogen (secondary N) is 1. The third-order valence-electron chi connectivity index (χ3n) is 2.41. The number of rotatable bonds is 2. The predicted octanol–water partition coefficient (Wildman–Crippen LogP) is 1.90. The Morgan fingerprint density at radius 3 is 2.87 bits per heavy atom. The van der Waals surface area contributed by atoms with Crippen molar-refractivity contribution in [1.82, 2.24) is 14.9 Å². The third-order valence-corrected chi connectivity index (χ3v) is 2.77. The number of halogens is 2. The Morgan fingerprint density at radius 1 is 1.47 bits per heavy atom. The van der Waals surface area contributed by atoms with E-state index in [-0.39, 0.29) is 5.28 Å². The quantitative estimate of drug-likeness (QED) is 0.640. The minimum absolute atomic E-state index is 0.177. The van der Waals surface area contributed by atoms with Crippen molar-refractivity contribution < 1.29 is 0 Å². The molecule has 1 aromatic heterocycles. The fourth-order valence-electron chi connectivity index (χ4n) is 1.73. The maximum Gasteiger partial charge on any atom is 0.225 e. The molecule has 2 heterocycles. The first-order chi connectivity index (χ1) is 7.13. The Morgan fingerprint density at radius 2 is 2.27 bits per heavy atom. The second kappa shape index (κ2) is 4.51. The molecule has 0 spiro atoms. The summed E-state index contributed by atoms with van der Waals surface area (Å²) < 4.78 is 0. The van der Waals surface area contributed by atoms with Crippen molar-refractivity contribution in [2.45, 2.75) is 12.5 Å². The third kappa shape index (κ3) is 2.93. The molecule has 1 aromatic rings.